The zero-order chi connectivity index (χ0) is 25.8. The lowest BCUT2D eigenvalue weighted by Gasteiger charge is -2.17. The summed E-state index contributed by atoms with van der Waals surface area (Å²) in [4.78, 5) is 23.5. The highest BCUT2D eigenvalue weighted by Gasteiger charge is 2.31. The van der Waals surface area contributed by atoms with Gasteiger partial charge in [0, 0.05) is 12.0 Å². The van der Waals surface area contributed by atoms with Crippen molar-refractivity contribution in [3.63, 3.8) is 0 Å². The molecule has 0 spiro atoms. The third-order valence-electron chi connectivity index (χ3n) is 5.66. The van der Waals surface area contributed by atoms with Gasteiger partial charge in [0.1, 0.15) is 11.5 Å². The van der Waals surface area contributed by atoms with Gasteiger partial charge in [-0.3, -0.25) is 9.59 Å². The second kappa shape index (κ2) is 10.6. The molecule has 0 aliphatic carbocycles. The summed E-state index contributed by atoms with van der Waals surface area (Å²) in [6.07, 6.45) is -3.98. The molecule has 0 bridgehead atoms. The van der Waals surface area contributed by atoms with Crippen LogP contribution in [0.15, 0.2) is 60.7 Å². The molecule has 2 N–H and O–H groups in total. The van der Waals surface area contributed by atoms with Crippen LogP contribution in [-0.2, 0) is 17.4 Å². The summed E-state index contributed by atoms with van der Waals surface area (Å²) in [5, 5.41) is 11.7. The monoisotopic (exact) mass is 485 g/mol. The highest BCUT2D eigenvalue weighted by atomic mass is 19.4. The van der Waals surface area contributed by atoms with E-state index >= 15 is 0 Å². The number of alkyl halides is 3. The summed E-state index contributed by atoms with van der Waals surface area (Å²) in [5.74, 6) is -0.179. The van der Waals surface area contributed by atoms with Gasteiger partial charge >= 0.3 is 12.1 Å². The molecule has 35 heavy (non-hydrogen) atoms. The van der Waals surface area contributed by atoms with Crippen molar-refractivity contribution in [2.75, 3.05) is 0 Å². The maximum atomic E-state index is 12.9. The first-order valence-corrected chi connectivity index (χ1v) is 11.0. The van der Waals surface area contributed by atoms with E-state index in [0.717, 1.165) is 28.8 Å². The Labute approximate surface area is 201 Å². The minimum atomic E-state index is -4.47. The summed E-state index contributed by atoms with van der Waals surface area (Å²) in [6.45, 7) is 5.14. The minimum Gasteiger partial charge on any atom is -0.481 e. The van der Waals surface area contributed by atoms with E-state index in [2.05, 4.69) is 5.32 Å². The number of nitrogens with one attached hydrogen (secondary N) is 1. The van der Waals surface area contributed by atoms with E-state index in [4.69, 9.17) is 9.84 Å². The average Bonchev–Trinajstić information content (AvgIpc) is 2.77. The summed E-state index contributed by atoms with van der Waals surface area (Å²) < 4.78 is 44.6. The number of rotatable bonds is 8. The first kappa shape index (κ1) is 25.8. The van der Waals surface area contributed by atoms with Gasteiger partial charge in [-0.05, 0) is 91.9 Å². The highest BCUT2D eigenvalue weighted by Crippen LogP contribution is 2.31. The Morgan fingerprint density at radius 3 is 2.31 bits per heavy atom. The van der Waals surface area contributed by atoms with E-state index in [-0.39, 0.29) is 17.5 Å². The molecule has 0 aliphatic heterocycles. The van der Waals surface area contributed by atoms with E-state index < -0.39 is 29.7 Å². The van der Waals surface area contributed by atoms with Crippen LogP contribution in [-0.4, -0.2) is 17.0 Å². The van der Waals surface area contributed by atoms with E-state index in [9.17, 15) is 22.8 Å². The predicted octanol–water partition coefficient (Wildman–Crippen LogP) is 6.62. The van der Waals surface area contributed by atoms with Gasteiger partial charge in [0.25, 0.3) is 5.91 Å². The second-order valence-electron chi connectivity index (χ2n) is 8.38. The van der Waals surface area contributed by atoms with Gasteiger partial charge in [-0.25, -0.2) is 0 Å². The van der Waals surface area contributed by atoms with E-state index in [1.807, 2.05) is 25.1 Å². The number of carbonyl (C=O) groups excluding carboxylic acids is 1. The van der Waals surface area contributed by atoms with Crippen LogP contribution in [0.4, 0.5) is 13.2 Å². The van der Waals surface area contributed by atoms with Crippen molar-refractivity contribution in [3.05, 3.63) is 94.0 Å². The first-order valence-electron chi connectivity index (χ1n) is 11.0. The van der Waals surface area contributed by atoms with Crippen molar-refractivity contribution < 1.29 is 32.6 Å². The fraction of sp³-hybridized carbons (Fsp3) is 0.259. The number of ether oxygens (including phenoxy) is 1. The number of carbonyl (C=O) groups is 2. The molecule has 1 unspecified atom stereocenters. The van der Waals surface area contributed by atoms with Crippen molar-refractivity contribution in [3.8, 4) is 11.5 Å². The number of aryl methyl sites for hydroxylation is 3. The maximum Gasteiger partial charge on any atom is 0.416 e. The molecule has 3 aromatic carbocycles. The Balaban J connectivity index is 1.69. The Morgan fingerprint density at radius 2 is 1.69 bits per heavy atom. The minimum absolute atomic E-state index is 0.0543. The fourth-order valence-corrected chi connectivity index (χ4v) is 3.69. The molecule has 184 valence electrons. The SMILES string of the molecule is Cc1cc(Oc2cccc(C(C)NC(=O)c3ccc(C(F)(F)F)cc3C)c2)ccc1CCC(=O)O. The van der Waals surface area contributed by atoms with Gasteiger partial charge in [0.2, 0.25) is 0 Å². The Bertz CT molecular complexity index is 1240. The third-order valence-corrected chi connectivity index (χ3v) is 5.66. The van der Waals surface area contributed by atoms with Crippen LogP contribution >= 0.6 is 0 Å². The molecule has 8 heteroatoms. The lowest BCUT2D eigenvalue weighted by atomic mass is 10.0. The molecule has 0 aliphatic rings. The summed E-state index contributed by atoms with van der Waals surface area (Å²) in [5.41, 5.74) is 2.24. The van der Waals surface area contributed by atoms with Gasteiger partial charge < -0.3 is 15.2 Å². The van der Waals surface area contributed by atoms with Gasteiger partial charge in [-0.2, -0.15) is 13.2 Å². The van der Waals surface area contributed by atoms with Crippen LogP contribution in [0.3, 0.4) is 0 Å². The number of amides is 1. The first-order chi connectivity index (χ1) is 16.4. The third kappa shape index (κ3) is 6.85. The normalized spacial score (nSPS) is 12.2. The van der Waals surface area contributed by atoms with Crippen molar-refractivity contribution in [1.29, 1.82) is 0 Å². The Morgan fingerprint density at radius 1 is 0.971 bits per heavy atom. The van der Waals surface area contributed by atoms with Gasteiger partial charge in [-0.15, -0.1) is 0 Å². The van der Waals surface area contributed by atoms with Crippen LogP contribution in [0.25, 0.3) is 0 Å². The van der Waals surface area contributed by atoms with E-state index in [1.54, 1.807) is 31.2 Å². The zero-order valence-electron chi connectivity index (χ0n) is 19.6. The molecule has 1 amide bonds. The number of aliphatic carboxylic acids is 1. The molecular formula is C27H26F3NO4. The van der Waals surface area contributed by atoms with Crippen LogP contribution in [0, 0.1) is 13.8 Å². The molecule has 1 atom stereocenters. The Kier molecular flexibility index (Phi) is 7.84. The number of benzene rings is 3. The lowest BCUT2D eigenvalue weighted by Crippen LogP contribution is -2.27. The zero-order valence-corrected chi connectivity index (χ0v) is 19.6. The maximum absolute atomic E-state index is 12.9. The van der Waals surface area contributed by atoms with Crippen LogP contribution in [0.5, 0.6) is 11.5 Å². The molecule has 5 nitrogen and oxygen atoms in total. The summed E-state index contributed by atoms with van der Waals surface area (Å²) in [7, 11) is 0. The molecule has 0 radical (unpaired) electrons. The van der Waals surface area contributed by atoms with Gasteiger partial charge in [-0.1, -0.05) is 18.2 Å². The number of carboxylic acids is 1. The van der Waals surface area contributed by atoms with Crippen molar-refractivity contribution >= 4 is 11.9 Å². The van der Waals surface area contributed by atoms with Crippen molar-refractivity contribution in [2.24, 2.45) is 0 Å². The molecule has 0 saturated heterocycles. The van der Waals surface area contributed by atoms with E-state index in [0.29, 0.717) is 17.9 Å². The number of hydrogen-bond donors (Lipinski definition) is 2. The highest BCUT2D eigenvalue weighted by molar-refractivity contribution is 5.96. The van der Waals surface area contributed by atoms with Crippen molar-refractivity contribution in [1.82, 2.24) is 5.32 Å². The fourth-order valence-electron chi connectivity index (χ4n) is 3.69. The summed E-state index contributed by atoms with van der Waals surface area (Å²) >= 11 is 0. The number of hydrogen-bond acceptors (Lipinski definition) is 3. The standard InChI is InChI=1S/C27H26F3NO4/c1-16-14-23(10-7-19(16)8-12-25(32)33)35-22-6-4-5-20(15-22)18(3)31-26(34)24-11-9-21(13-17(24)2)27(28,29)30/h4-7,9-11,13-15,18H,8,12H2,1-3H3,(H,31,34)(H,32,33). The van der Waals surface area contributed by atoms with Crippen LogP contribution < -0.4 is 10.1 Å². The molecule has 0 saturated carbocycles. The van der Waals surface area contributed by atoms with E-state index in [1.165, 1.54) is 13.0 Å². The second-order valence-corrected chi connectivity index (χ2v) is 8.38. The molecule has 0 aromatic heterocycles. The van der Waals surface area contributed by atoms with Crippen LogP contribution in [0.1, 0.15) is 57.6 Å². The molecule has 3 rings (SSSR count). The lowest BCUT2D eigenvalue weighted by molar-refractivity contribution is -0.138. The van der Waals surface area contributed by atoms with Gasteiger partial charge in [0.05, 0.1) is 11.6 Å². The molecular weight excluding hydrogens is 459 g/mol. The average molecular weight is 486 g/mol. The summed E-state index contributed by atoms with van der Waals surface area (Å²) in [6, 6.07) is 15.2. The number of carboxylic acid groups (broad SMARTS) is 1. The Hall–Kier alpha value is -3.81. The molecule has 0 fully saturated rings. The smallest absolute Gasteiger partial charge is 0.416 e. The predicted molar refractivity (Wildman–Crippen MR) is 126 cm³/mol. The quantitative estimate of drug-likeness (QED) is 0.376. The van der Waals surface area contributed by atoms with Gasteiger partial charge in [0.15, 0.2) is 0 Å². The molecule has 3 aromatic rings. The topological polar surface area (TPSA) is 75.6 Å². The number of halogens is 3. The largest absolute Gasteiger partial charge is 0.481 e. The van der Waals surface area contributed by atoms with Crippen molar-refractivity contribution in [2.45, 2.75) is 45.8 Å². The van der Waals surface area contributed by atoms with Crippen LogP contribution in [0.2, 0.25) is 0 Å². The molecule has 0 heterocycles.